The van der Waals surface area contributed by atoms with E-state index < -0.39 is 12.1 Å². The maximum atomic E-state index is 13.0. The molecule has 32 heavy (non-hydrogen) atoms. The van der Waals surface area contributed by atoms with Gasteiger partial charge in [0.05, 0.1) is 32.6 Å². The molecule has 0 spiro atoms. The molecule has 1 heterocycles. The summed E-state index contributed by atoms with van der Waals surface area (Å²) in [5.41, 5.74) is 2.27. The molecule has 1 amide bonds. The Kier molecular flexibility index (Phi) is 7.77. The highest BCUT2D eigenvalue weighted by Crippen LogP contribution is 2.31. The second kappa shape index (κ2) is 10.9. The Bertz CT molecular complexity index is 1060. The first-order chi connectivity index (χ1) is 15.5. The lowest BCUT2D eigenvalue weighted by molar-refractivity contribution is -0.132. The molecule has 1 unspecified atom stereocenters. The Labute approximate surface area is 185 Å². The summed E-state index contributed by atoms with van der Waals surface area (Å²) in [5, 5.41) is 5.07. The molecule has 8 heteroatoms. The average Bonchev–Trinajstić information content (AvgIpc) is 3.35. The standard InChI is InChI=1S/C24H24N2O6/c1-17(32-25-23(24(28)29-2)21-14-9-15-31-21)16-22(27)26(30-3)20-13-8-7-12-19(20)18-10-5-4-6-11-18/h4-15,17H,16H2,1-3H3/b25-23-. The third kappa shape index (κ3) is 5.41. The summed E-state index contributed by atoms with van der Waals surface area (Å²) in [7, 11) is 2.66. The number of ether oxygens (including phenoxy) is 1. The maximum absolute atomic E-state index is 13.0. The molecule has 1 aromatic heterocycles. The van der Waals surface area contributed by atoms with Gasteiger partial charge < -0.3 is 14.0 Å². The zero-order valence-corrected chi connectivity index (χ0v) is 18.1. The SMILES string of the molecule is COC(=O)/C(=N\OC(C)CC(=O)N(OC)c1ccccc1-c1ccccc1)c1ccco1. The van der Waals surface area contributed by atoms with E-state index in [9.17, 15) is 9.59 Å². The summed E-state index contributed by atoms with van der Waals surface area (Å²) >= 11 is 0. The molecule has 0 radical (unpaired) electrons. The Balaban J connectivity index is 1.75. The van der Waals surface area contributed by atoms with E-state index in [2.05, 4.69) is 5.16 Å². The highest BCUT2D eigenvalue weighted by Gasteiger charge is 2.24. The van der Waals surface area contributed by atoms with Gasteiger partial charge in [-0.1, -0.05) is 53.7 Å². The van der Waals surface area contributed by atoms with Crippen LogP contribution in [0.2, 0.25) is 0 Å². The molecular weight excluding hydrogens is 412 g/mol. The molecule has 0 aliphatic heterocycles. The summed E-state index contributed by atoms with van der Waals surface area (Å²) in [5.74, 6) is -0.851. The van der Waals surface area contributed by atoms with Crippen molar-refractivity contribution in [2.24, 2.45) is 5.16 Å². The third-order valence-corrected chi connectivity index (χ3v) is 4.54. The van der Waals surface area contributed by atoms with Gasteiger partial charge in [0.2, 0.25) is 5.71 Å². The fourth-order valence-electron chi connectivity index (χ4n) is 3.05. The lowest BCUT2D eigenvalue weighted by atomic mass is 10.0. The number of oxime groups is 1. The Morgan fingerprint density at radius 2 is 1.72 bits per heavy atom. The molecule has 166 valence electrons. The predicted octanol–water partition coefficient (Wildman–Crippen LogP) is 4.21. The van der Waals surface area contributed by atoms with Gasteiger partial charge in [-0.15, -0.1) is 0 Å². The number of hydrogen-bond donors (Lipinski definition) is 0. The van der Waals surface area contributed by atoms with Crippen molar-refractivity contribution in [3.05, 3.63) is 78.8 Å². The predicted molar refractivity (Wildman–Crippen MR) is 119 cm³/mol. The van der Waals surface area contributed by atoms with Gasteiger partial charge in [0.15, 0.2) is 5.76 Å². The number of benzene rings is 2. The van der Waals surface area contributed by atoms with Crippen molar-refractivity contribution in [1.29, 1.82) is 0 Å². The lowest BCUT2D eigenvalue weighted by Crippen LogP contribution is -2.32. The summed E-state index contributed by atoms with van der Waals surface area (Å²) in [6, 6.07) is 20.3. The van der Waals surface area contributed by atoms with Crippen molar-refractivity contribution in [1.82, 2.24) is 0 Å². The van der Waals surface area contributed by atoms with Crippen LogP contribution < -0.4 is 5.06 Å². The number of rotatable bonds is 9. The number of amides is 1. The maximum Gasteiger partial charge on any atom is 0.364 e. The van der Waals surface area contributed by atoms with Gasteiger partial charge in [-0.3, -0.25) is 9.63 Å². The van der Waals surface area contributed by atoms with Crippen molar-refractivity contribution >= 4 is 23.3 Å². The molecular formula is C24H24N2O6. The van der Waals surface area contributed by atoms with Crippen LogP contribution in [0.5, 0.6) is 0 Å². The van der Waals surface area contributed by atoms with Gasteiger partial charge in [-0.25, -0.2) is 4.79 Å². The fraction of sp³-hybridized carbons (Fsp3) is 0.208. The minimum atomic E-state index is -0.714. The number of furan rings is 1. The van der Waals surface area contributed by atoms with Crippen molar-refractivity contribution in [3.63, 3.8) is 0 Å². The number of carbonyl (C=O) groups is 2. The number of hydrogen-bond acceptors (Lipinski definition) is 7. The zero-order valence-electron chi connectivity index (χ0n) is 18.1. The normalized spacial score (nSPS) is 12.2. The van der Waals surface area contributed by atoms with Crippen LogP contribution >= 0.6 is 0 Å². The van der Waals surface area contributed by atoms with Crippen LogP contribution in [0.4, 0.5) is 5.69 Å². The van der Waals surface area contributed by atoms with Gasteiger partial charge >= 0.3 is 5.97 Å². The van der Waals surface area contributed by atoms with Crippen molar-refractivity contribution < 1.29 is 28.4 Å². The molecule has 0 bridgehead atoms. The molecule has 0 saturated carbocycles. The van der Waals surface area contributed by atoms with E-state index in [-0.39, 0.29) is 23.8 Å². The van der Waals surface area contributed by atoms with Crippen LogP contribution in [0.25, 0.3) is 11.1 Å². The Morgan fingerprint density at radius 3 is 2.38 bits per heavy atom. The van der Waals surface area contributed by atoms with Gasteiger partial charge in [-0.2, -0.15) is 5.06 Å². The number of anilines is 1. The van der Waals surface area contributed by atoms with E-state index in [4.69, 9.17) is 18.8 Å². The van der Waals surface area contributed by atoms with Gasteiger partial charge in [0.1, 0.15) is 6.10 Å². The highest BCUT2D eigenvalue weighted by atomic mass is 16.7. The second-order valence-electron chi connectivity index (χ2n) is 6.78. The first kappa shape index (κ1) is 22.8. The zero-order chi connectivity index (χ0) is 22.9. The quantitative estimate of drug-likeness (QED) is 0.283. The Morgan fingerprint density at radius 1 is 1.00 bits per heavy atom. The highest BCUT2D eigenvalue weighted by molar-refractivity contribution is 6.42. The molecule has 0 aliphatic carbocycles. The summed E-state index contributed by atoms with van der Waals surface area (Å²) < 4.78 is 9.91. The molecule has 0 N–H and O–H groups in total. The first-order valence-corrected chi connectivity index (χ1v) is 9.92. The number of methoxy groups -OCH3 is 1. The monoisotopic (exact) mass is 436 g/mol. The Hall–Kier alpha value is -3.91. The number of nitrogens with zero attached hydrogens (tertiary/aromatic N) is 2. The minimum absolute atomic E-state index is 0.0485. The molecule has 2 aromatic carbocycles. The van der Waals surface area contributed by atoms with E-state index in [1.807, 2.05) is 48.5 Å². The van der Waals surface area contributed by atoms with Crippen LogP contribution in [0.15, 0.2) is 82.6 Å². The van der Waals surface area contributed by atoms with E-state index in [0.29, 0.717) is 5.69 Å². The first-order valence-electron chi connectivity index (χ1n) is 9.92. The summed E-state index contributed by atoms with van der Waals surface area (Å²) in [6.07, 6.45) is 0.702. The van der Waals surface area contributed by atoms with Crippen LogP contribution in [0, 0.1) is 0 Å². The van der Waals surface area contributed by atoms with Gasteiger partial charge in [0, 0.05) is 5.56 Å². The van der Waals surface area contributed by atoms with Gasteiger partial charge in [0.25, 0.3) is 5.91 Å². The molecule has 1 atom stereocenters. The van der Waals surface area contributed by atoms with Crippen LogP contribution in [0.3, 0.4) is 0 Å². The molecule has 8 nitrogen and oxygen atoms in total. The second-order valence-corrected chi connectivity index (χ2v) is 6.78. The summed E-state index contributed by atoms with van der Waals surface area (Å²) in [6.45, 7) is 1.66. The molecule has 0 saturated heterocycles. The van der Waals surface area contributed by atoms with E-state index in [1.165, 1.54) is 25.5 Å². The smallest absolute Gasteiger partial charge is 0.364 e. The molecule has 0 aliphatic rings. The van der Waals surface area contributed by atoms with Crippen LogP contribution in [-0.4, -0.2) is 37.9 Å². The van der Waals surface area contributed by atoms with Crippen molar-refractivity contribution in [2.75, 3.05) is 19.3 Å². The fourth-order valence-corrected chi connectivity index (χ4v) is 3.05. The molecule has 0 fully saturated rings. The average molecular weight is 436 g/mol. The van der Waals surface area contributed by atoms with E-state index in [1.54, 1.807) is 25.1 Å². The van der Waals surface area contributed by atoms with E-state index in [0.717, 1.165) is 11.1 Å². The van der Waals surface area contributed by atoms with Crippen molar-refractivity contribution in [3.8, 4) is 11.1 Å². The number of esters is 1. The van der Waals surface area contributed by atoms with E-state index >= 15 is 0 Å². The number of para-hydroxylation sites is 1. The molecule has 3 aromatic rings. The summed E-state index contributed by atoms with van der Waals surface area (Å²) in [4.78, 5) is 35.8. The third-order valence-electron chi connectivity index (χ3n) is 4.54. The van der Waals surface area contributed by atoms with Gasteiger partial charge in [-0.05, 0) is 30.7 Å². The van der Waals surface area contributed by atoms with Crippen LogP contribution in [-0.2, 0) is 24.0 Å². The number of carbonyl (C=O) groups excluding carboxylic acids is 2. The lowest BCUT2D eigenvalue weighted by Gasteiger charge is -2.23. The van der Waals surface area contributed by atoms with Crippen LogP contribution in [0.1, 0.15) is 19.1 Å². The molecule has 3 rings (SSSR count). The van der Waals surface area contributed by atoms with Crippen molar-refractivity contribution in [2.45, 2.75) is 19.4 Å². The topological polar surface area (TPSA) is 90.6 Å². The minimum Gasteiger partial charge on any atom is -0.464 e. The largest absolute Gasteiger partial charge is 0.464 e. The number of hydroxylamine groups is 1.